The van der Waals surface area contributed by atoms with E-state index in [1.165, 1.54) is 0 Å². The molecule has 3 heteroatoms. The molecule has 19 heavy (non-hydrogen) atoms. The number of pyridine rings is 1. The third-order valence-electron chi connectivity index (χ3n) is 2.58. The fourth-order valence-corrected chi connectivity index (χ4v) is 1.69. The van der Waals surface area contributed by atoms with Crippen LogP contribution < -0.4 is 4.74 Å². The van der Waals surface area contributed by atoms with E-state index in [4.69, 9.17) is 9.15 Å². The number of hydrogen-bond donors (Lipinski definition) is 0. The van der Waals surface area contributed by atoms with Crippen LogP contribution in [0.1, 0.15) is 52.0 Å². The molecule has 0 saturated heterocycles. The van der Waals surface area contributed by atoms with Crippen LogP contribution in [0.25, 0.3) is 17.2 Å². The predicted octanol–water partition coefficient (Wildman–Crippen LogP) is 5.02. The molecular weight excluding hydrogens is 238 g/mol. The zero-order valence-corrected chi connectivity index (χ0v) is 12.5. The zero-order valence-electron chi connectivity index (χ0n) is 12.5. The van der Waals surface area contributed by atoms with Gasteiger partial charge in [-0.1, -0.05) is 34.3 Å². The molecule has 0 fully saturated rings. The largest absolute Gasteiger partial charge is 0.491 e. The van der Waals surface area contributed by atoms with Gasteiger partial charge in [-0.2, -0.15) is 0 Å². The Morgan fingerprint density at radius 2 is 2.05 bits per heavy atom. The Morgan fingerprint density at radius 1 is 1.37 bits per heavy atom. The first kappa shape index (κ1) is 15.3. The van der Waals surface area contributed by atoms with Gasteiger partial charge in [0.15, 0.2) is 5.58 Å². The van der Waals surface area contributed by atoms with E-state index in [9.17, 15) is 0 Å². The number of hydrogen-bond acceptors (Lipinski definition) is 3. The summed E-state index contributed by atoms with van der Waals surface area (Å²) in [5.74, 6) is 2.02. The highest BCUT2D eigenvalue weighted by molar-refractivity contribution is 5.77. The lowest BCUT2D eigenvalue weighted by molar-refractivity contribution is 0.338. The van der Waals surface area contributed by atoms with Gasteiger partial charge in [0, 0.05) is 18.1 Å². The second-order valence-corrected chi connectivity index (χ2v) is 4.20. The Morgan fingerprint density at radius 3 is 2.58 bits per heavy atom. The summed E-state index contributed by atoms with van der Waals surface area (Å²) in [5.41, 5.74) is 2.38. The van der Waals surface area contributed by atoms with Crippen molar-refractivity contribution in [3.05, 3.63) is 30.2 Å². The van der Waals surface area contributed by atoms with Gasteiger partial charge in [0.25, 0.3) is 0 Å². The number of furan rings is 1. The molecule has 2 aromatic heterocycles. The number of ether oxygens (including phenoxy) is 1. The van der Waals surface area contributed by atoms with E-state index in [-0.39, 0.29) is 0 Å². The molecule has 0 saturated carbocycles. The van der Waals surface area contributed by atoms with Crippen molar-refractivity contribution in [2.45, 2.75) is 40.5 Å². The van der Waals surface area contributed by atoms with Crippen LogP contribution in [0.15, 0.2) is 23.1 Å². The lowest BCUT2D eigenvalue weighted by Gasteiger charge is -2.05. The highest BCUT2D eigenvalue weighted by atomic mass is 16.5. The van der Waals surface area contributed by atoms with Gasteiger partial charge in [-0.05, 0) is 13.0 Å². The van der Waals surface area contributed by atoms with Crippen LogP contribution in [0.3, 0.4) is 0 Å². The minimum Gasteiger partial charge on any atom is -0.491 e. The SMILES string of the molecule is C=Cc1nc2cc(C(C)C)oc2cc1OCC.CC. The summed E-state index contributed by atoms with van der Waals surface area (Å²) in [6, 6.07) is 3.86. The van der Waals surface area contributed by atoms with E-state index in [2.05, 4.69) is 25.4 Å². The average Bonchev–Trinajstić information content (AvgIpc) is 2.83. The maximum Gasteiger partial charge on any atom is 0.156 e. The Hall–Kier alpha value is -1.77. The van der Waals surface area contributed by atoms with Gasteiger partial charge in [0.2, 0.25) is 0 Å². The normalized spacial score (nSPS) is 10.2. The Bertz CT molecular complexity index is 541. The molecule has 104 valence electrons. The summed E-state index contributed by atoms with van der Waals surface area (Å²) >= 11 is 0. The third kappa shape index (κ3) is 3.37. The van der Waals surface area contributed by atoms with Crippen molar-refractivity contribution in [2.75, 3.05) is 6.61 Å². The zero-order chi connectivity index (χ0) is 14.4. The highest BCUT2D eigenvalue weighted by Gasteiger charge is 2.12. The van der Waals surface area contributed by atoms with Crippen molar-refractivity contribution in [2.24, 2.45) is 0 Å². The maximum atomic E-state index is 5.74. The highest BCUT2D eigenvalue weighted by Crippen LogP contribution is 2.29. The van der Waals surface area contributed by atoms with E-state index in [1.807, 2.05) is 32.9 Å². The molecule has 0 bridgehead atoms. The first-order valence-corrected chi connectivity index (χ1v) is 6.85. The van der Waals surface area contributed by atoms with Crippen LogP contribution >= 0.6 is 0 Å². The summed E-state index contributed by atoms with van der Waals surface area (Å²) in [4.78, 5) is 4.48. The summed E-state index contributed by atoms with van der Waals surface area (Å²) in [6.45, 7) is 14.5. The Kier molecular flexibility index (Phi) is 5.61. The van der Waals surface area contributed by atoms with Crippen molar-refractivity contribution < 1.29 is 9.15 Å². The van der Waals surface area contributed by atoms with Gasteiger partial charge < -0.3 is 9.15 Å². The molecule has 0 atom stereocenters. The molecule has 2 aromatic rings. The summed E-state index contributed by atoms with van der Waals surface area (Å²) in [7, 11) is 0. The van der Waals surface area contributed by atoms with Crippen molar-refractivity contribution >= 4 is 17.2 Å². The molecule has 0 aliphatic rings. The molecule has 0 amide bonds. The third-order valence-corrected chi connectivity index (χ3v) is 2.58. The van der Waals surface area contributed by atoms with Gasteiger partial charge in [-0.3, -0.25) is 0 Å². The van der Waals surface area contributed by atoms with Crippen LogP contribution in [0, 0.1) is 0 Å². The fraction of sp³-hybridized carbons (Fsp3) is 0.438. The molecule has 0 spiro atoms. The van der Waals surface area contributed by atoms with Gasteiger partial charge in [-0.25, -0.2) is 4.98 Å². The molecule has 0 N–H and O–H groups in total. The van der Waals surface area contributed by atoms with Gasteiger partial charge in [-0.15, -0.1) is 0 Å². The molecular formula is C16H23NO2. The number of rotatable bonds is 4. The van der Waals surface area contributed by atoms with E-state index in [0.717, 1.165) is 28.3 Å². The van der Waals surface area contributed by atoms with E-state index in [0.29, 0.717) is 12.5 Å². The minimum atomic E-state index is 0.354. The lowest BCUT2D eigenvalue weighted by Crippen LogP contribution is -1.95. The maximum absolute atomic E-state index is 5.74. The topological polar surface area (TPSA) is 35.3 Å². The molecule has 0 unspecified atom stereocenters. The average molecular weight is 261 g/mol. The van der Waals surface area contributed by atoms with E-state index in [1.54, 1.807) is 6.08 Å². The number of nitrogens with zero attached hydrogens (tertiary/aromatic N) is 1. The molecule has 3 nitrogen and oxygen atoms in total. The molecule has 2 heterocycles. The molecule has 2 rings (SSSR count). The summed E-state index contributed by atoms with van der Waals surface area (Å²) in [5, 5.41) is 0. The number of aromatic nitrogens is 1. The van der Waals surface area contributed by atoms with Crippen LogP contribution in [0.5, 0.6) is 5.75 Å². The van der Waals surface area contributed by atoms with Crippen LogP contribution in [-0.4, -0.2) is 11.6 Å². The minimum absolute atomic E-state index is 0.354. The molecule has 0 aliphatic carbocycles. The van der Waals surface area contributed by atoms with Crippen LogP contribution in [-0.2, 0) is 0 Å². The first-order chi connectivity index (χ1) is 9.15. The second-order valence-electron chi connectivity index (χ2n) is 4.20. The van der Waals surface area contributed by atoms with E-state index >= 15 is 0 Å². The van der Waals surface area contributed by atoms with Crippen molar-refractivity contribution in [1.82, 2.24) is 4.98 Å². The summed E-state index contributed by atoms with van der Waals surface area (Å²) < 4.78 is 11.3. The van der Waals surface area contributed by atoms with E-state index < -0.39 is 0 Å². The fourth-order valence-electron chi connectivity index (χ4n) is 1.69. The van der Waals surface area contributed by atoms with Crippen molar-refractivity contribution in [1.29, 1.82) is 0 Å². The Balaban J connectivity index is 0.000000861. The predicted molar refractivity (Wildman–Crippen MR) is 80.7 cm³/mol. The number of fused-ring (bicyclic) bond motifs is 1. The molecule has 0 aliphatic heterocycles. The Labute approximate surface area is 115 Å². The smallest absolute Gasteiger partial charge is 0.156 e. The van der Waals surface area contributed by atoms with Crippen molar-refractivity contribution in [3.63, 3.8) is 0 Å². The second kappa shape index (κ2) is 6.98. The monoisotopic (exact) mass is 261 g/mol. The quantitative estimate of drug-likeness (QED) is 0.775. The summed E-state index contributed by atoms with van der Waals surface area (Å²) in [6.07, 6.45) is 1.70. The standard InChI is InChI=1S/C14H17NO2.C2H6/c1-5-10-13(16-6-2)8-14-11(15-10)7-12(17-14)9(3)4;1-2/h5,7-9H,1,6H2,2-4H3;1-2H3. The molecule has 0 aromatic carbocycles. The van der Waals surface area contributed by atoms with Gasteiger partial charge in [0.1, 0.15) is 22.7 Å². The van der Waals surface area contributed by atoms with Crippen LogP contribution in [0.4, 0.5) is 0 Å². The van der Waals surface area contributed by atoms with Crippen molar-refractivity contribution in [3.8, 4) is 5.75 Å². The van der Waals surface area contributed by atoms with Gasteiger partial charge in [0.05, 0.1) is 6.61 Å². The van der Waals surface area contributed by atoms with Gasteiger partial charge >= 0.3 is 0 Å². The first-order valence-electron chi connectivity index (χ1n) is 6.85. The lowest BCUT2D eigenvalue weighted by atomic mass is 10.1. The molecule has 0 radical (unpaired) electrons. The van der Waals surface area contributed by atoms with Crippen LogP contribution in [0.2, 0.25) is 0 Å².